The normalized spacial score (nSPS) is 20.0. The van der Waals surface area contributed by atoms with Crippen molar-refractivity contribution in [1.82, 2.24) is 34.0 Å². The summed E-state index contributed by atoms with van der Waals surface area (Å²) in [7, 11) is 1.87. The maximum absolute atomic E-state index is 14.4. The molecule has 1 saturated heterocycles. The molecular formula is C20H21F4N9. The smallest absolute Gasteiger partial charge is 0.382 e. The van der Waals surface area contributed by atoms with E-state index >= 15 is 0 Å². The molecule has 9 nitrogen and oxygen atoms in total. The van der Waals surface area contributed by atoms with E-state index in [4.69, 9.17) is 5.73 Å². The number of likely N-dealkylation sites (tertiary alicyclic amines) is 1. The van der Waals surface area contributed by atoms with Crippen LogP contribution in [0.4, 0.5) is 29.3 Å². The second kappa shape index (κ2) is 7.83. The lowest BCUT2D eigenvalue weighted by Crippen LogP contribution is -2.46. The molecule has 13 heteroatoms. The van der Waals surface area contributed by atoms with Gasteiger partial charge in [-0.05, 0) is 31.7 Å². The van der Waals surface area contributed by atoms with Gasteiger partial charge in [0.05, 0.1) is 18.1 Å². The molecule has 0 saturated carbocycles. The van der Waals surface area contributed by atoms with E-state index in [1.54, 1.807) is 24.4 Å². The number of aromatic nitrogens is 6. The number of halogens is 4. The van der Waals surface area contributed by atoms with Crippen LogP contribution in [0.1, 0.15) is 6.42 Å². The number of nitrogens with two attached hydrogens (primary N) is 1. The molecule has 0 spiro atoms. The summed E-state index contributed by atoms with van der Waals surface area (Å²) in [6, 6.07) is 4.53. The van der Waals surface area contributed by atoms with Crippen LogP contribution in [0.2, 0.25) is 0 Å². The minimum Gasteiger partial charge on any atom is -0.382 e. The predicted octanol–water partition coefficient (Wildman–Crippen LogP) is 2.74. The van der Waals surface area contributed by atoms with Gasteiger partial charge in [0.15, 0.2) is 11.5 Å². The second-order valence-electron chi connectivity index (χ2n) is 8.19. The van der Waals surface area contributed by atoms with Gasteiger partial charge in [-0.1, -0.05) is 0 Å². The quantitative estimate of drug-likeness (QED) is 0.449. The van der Waals surface area contributed by atoms with Crippen LogP contribution in [0.3, 0.4) is 0 Å². The summed E-state index contributed by atoms with van der Waals surface area (Å²) in [4.78, 5) is 14.6. The molecule has 5 heterocycles. The minimum absolute atomic E-state index is 0.109. The summed E-state index contributed by atoms with van der Waals surface area (Å²) >= 11 is 0. The van der Waals surface area contributed by atoms with E-state index in [9.17, 15) is 17.6 Å². The van der Waals surface area contributed by atoms with E-state index in [0.717, 1.165) is 17.4 Å². The van der Waals surface area contributed by atoms with Crippen LogP contribution in [0.5, 0.6) is 0 Å². The third-order valence-corrected chi connectivity index (χ3v) is 5.69. The molecule has 0 radical (unpaired) electrons. The lowest BCUT2D eigenvalue weighted by Gasteiger charge is -2.32. The number of imidazole rings is 1. The molecule has 33 heavy (non-hydrogen) atoms. The number of anilines is 2. The third-order valence-electron chi connectivity index (χ3n) is 5.69. The molecule has 3 N–H and O–H groups in total. The predicted molar refractivity (Wildman–Crippen MR) is 114 cm³/mol. The zero-order chi connectivity index (χ0) is 23.3. The lowest BCUT2D eigenvalue weighted by atomic mass is 10.0. The van der Waals surface area contributed by atoms with Crippen LogP contribution >= 0.6 is 0 Å². The molecular weight excluding hydrogens is 442 g/mol. The first-order valence-electron chi connectivity index (χ1n) is 10.3. The Labute approximate surface area is 185 Å². The van der Waals surface area contributed by atoms with Crippen molar-refractivity contribution in [2.75, 3.05) is 31.2 Å². The monoisotopic (exact) mass is 463 g/mol. The Bertz CT molecular complexity index is 1310. The van der Waals surface area contributed by atoms with Gasteiger partial charge in [-0.2, -0.15) is 18.2 Å². The van der Waals surface area contributed by atoms with E-state index in [1.165, 1.54) is 4.52 Å². The van der Waals surface area contributed by atoms with Gasteiger partial charge in [-0.3, -0.25) is 0 Å². The first kappa shape index (κ1) is 21.4. The number of fused-ring (bicyclic) bond motifs is 2. The summed E-state index contributed by atoms with van der Waals surface area (Å²) in [5, 5.41) is 7.41. The van der Waals surface area contributed by atoms with Gasteiger partial charge < -0.3 is 20.5 Å². The number of pyridine rings is 1. The van der Waals surface area contributed by atoms with E-state index in [2.05, 4.69) is 25.4 Å². The molecule has 1 aliphatic heterocycles. The number of nitrogen functional groups attached to an aromatic ring is 1. The van der Waals surface area contributed by atoms with Crippen molar-refractivity contribution in [3.63, 3.8) is 0 Å². The number of nitrogens with one attached hydrogen (secondary N) is 1. The van der Waals surface area contributed by atoms with Gasteiger partial charge in [0.2, 0.25) is 5.95 Å². The molecule has 4 aromatic heterocycles. The number of hydrogen-bond acceptors (Lipinski definition) is 7. The van der Waals surface area contributed by atoms with E-state index in [-0.39, 0.29) is 17.4 Å². The van der Waals surface area contributed by atoms with Gasteiger partial charge in [-0.15, -0.1) is 5.10 Å². The first-order valence-corrected chi connectivity index (χ1v) is 10.3. The Hall–Kier alpha value is -3.48. The van der Waals surface area contributed by atoms with Crippen LogP contribution in [0, 0.1) is 0 Å². The van der Waals surface area contributed by atoms with Gasteiger partial charge in [0.25, 0.3) is 0 Å². The molecule has 174 valence electrons. The Morgan fingerprint density at radius 1 is 1.21 bits per heavy atom. The summed E-state index contributed by atoms with van der Waals surface area (Å²) in [6.45, 7) is -0.117. The van der Waals surface area contributed by atoms with Crippen molar-refractivity contribution < 1.29 is 17.6 Å². The van der Waals surface area contributed by atoms with Gasteiger partial charge >= 0.3 is 6.18 Å². The van der Waals surface area contributed by atoms with Crippen LogP contribution in [-0.4, -0.2) is 72.6 Å². The Morgan fingerprint density at radius 2 is 2.03 bits per heavy atom. The molecule has 5 rings (SSSR count). The van der Waals surface area contributed by atoms with Crippen LogP contribution in [-0.2, 0) is 6.54 Å². The molecule has 0 aromatic carbocycles. The zero-order valence-electron chi connectivity index (χ0n) is 17.6. The average Bonchev–Trinajstić information content (AvgIpc) is 3.33. The van der Waals surface area contributed by atoms with E-state index in [0.29, 0.717) is 35.3 Å². The highest BCUT2D eigenvalue weighted by molar-refractivity contribution is 5.88. The highest BCUT2D eigenvalue weighted by atomic mass is 19.4. The average molecular weight is 463 g/mol. The van der Waals surface area contributed by atoms with Crippen LogP contribution in [0.15, 0.2) is 30.7 Å². The fourth-order valence-electron chi connectivity index (χ4n) is 4.10. The highest BCUT2D eigenvalue weighted by Crippen LogP contribution is 2.30. The number of hydrogen-bond donors (Lipinski definition) is 2. The van der Waals surface area contributed by atoms with Gasteiger partial charge in [0, 0.05) is 24.8 Å². The molecule has 0 bridgehead atoms. The topological polar surface area (TPSA) is 102 Å². The van der Waals surface area contributed by atoms with E-state index < -0.39 is 24.9 Å². The van der Waals surface area contributed by atoms with Crippen LogP contribution < -0.4 is 11.1 Å². The summed E-state index contributed by atoms with van der Waals surface area (Å²) in [5.74, 6) is 0.340. The standard InChI is InChI=1S/C20H21F4N9/c1-31-6-5-14(12(21)8-31)28-19-29-17(25)16-11(4-7-33(16)30-19)13-2-3-15-18(27-13)32(10-26-15)9-20(22,23)24/h2-4,7,10,12,14H,5-6,8-9H2,1H3,(H3,25,28,29,30)/t12-,14+/m1/s1. The summed E-state index contributed by atoms with van der Waals surface area (Å²) < 4.78 is 55.5. The Morgan fingerprint density at radius 3 is 2.79 bits per heavy atom. The van der Waals surface area contributed by atoms with Gasteiger partial charge in [-0.25, -0.2) is 18.9 Å². The highest BCUT2D eigenvalue weighted by Gasteiger charge is 2.30. The SMILES string of the molecule is CN1CC[C@H](Nc2nc(N)c3c(-c4ccc5ncn(CC(F)(F)F)c5n4)ccn3n2)[C@H](F)C1. The lowest BCUT2D eigenvalue weighted by molar-refractivity contribution is -0.140. The van der Waals surface area contributed by atoms with E-state index in [1.807, 2.05) is 11.9 Å². The fraction of sp³-hybridized carbons (Fsp3) is 0.400. The molecule has 4 aromatic rings. The van der Waals surface area contributed by atoms with Crippen molar-refractivity contribution in [3.8, 4) is 11.3 Å². The third kappa shape index (κ3) is 4.15. The number of rotatable bonds is 4. The number of piperidine rings is 1. The van der Waals surface area contributed by atoms with Crippen molar-refractivity contribution >= 4 is 28.4 Å². The van der Waals surface area contributed by atoms with Crippen molar-refractivity contribution in [2.45, 2.75) is 31.4 Å². The van der Waals surface area contributed by atoms with Crippen molar-refractivity contribution in [3.05, 3.63) is 30.7 Å². The summed E-state index contributed by atoms with van der Waals surface area (Å²) in [5.41, 5.74) is 8.08. The molecule has 0 amide bonds. The molecule has 1 aliphatic rings. The maximum atomic E-state index is 14.4. The van der Waals surface area contributed by atoms with Gasteiger partial charge in [0.1, 0.15) is 23.7 Å². The second-order valence-corrected chi connectivity index (χ2v) is 8.19. The minimum atomic E-state index is -4.40. The van der Waals surface area contributed by atoms with Crippen molar-refractivity contribution in [1.29, 1.82) is 0 Å². The van der Waals surface area contributed by atoms with Crippen molar-refractivity contribution in [2.24, 2.45) is 0 Å². The largest absolute Gasteiger partial charge is 0.406 e. The Kier molecular flexibility index (Phi) is 5.07. The summed E-state index contributed by atoms with van der Waals surface area (Å²) in [6.07, 6.45) is -2.10. The molecule has 0 unspecified atom stereocenters. The molecule has 2 atom stereocenters. The maximum Gasteiger partial charge on any atom is 0.406 e. The zero-order valence-corrected chi connectivity index (χ0v) is 17.6. The number of alkyl halides is 4. The number of nitrogens with zero attached hydrogens (tertiary/aromatic N) is 7. The first-order chi connectivity index (χ1) is 15.7. The van der Waals surface area contributed by atoms with Crippen LogP contribution in [0.25, 0.3) is 27.9 Å². The molecule has 1 fully saturated rings. The molecule has 0 aliphatic carbocycles. The fourth-order valence-corrected chi connectivity index (χ4v) is 4.10. The Balaban J connectivity index is 1.48.